The maximum absolute atomic E-state index is 4.47. The average molecular weight is 439 g/mol. The zero-order valence-corrected chi connectivity index (χ0v) is 19.7. The van der Waals surface area contributed by atoms with Gasteiger partial charge in [-0.1, -0.05) is 35.1 Å². The van der Waals surface area contributed by atoms with Crippen LogP contribution in [0.1, 0.15) is 37.7 Å². The number of anilines is 1. The maximum atomic E-state index is 4.47. The van der Waals surface area contributed by atoms with Crippen LogP contribution in [0.2, 0.25) is 0 Å². The Bertz CT molecular complexity index is 1240. The summed E-state index contributed by atoms with van der Waals surface area (Å²) in [4.78, 5) is 6.79. The summed E-state index contributed by atoms with van der Waals surface area (Å²) >= 11 is 0. The molecular weight excluding hydrogens is 408 g/mol. The van der Waals surface area contributed by atoms with E-state index in [1.54, 1.807) is 0 Å². The topological polar surface area (TPSA) is 51.8 Å². The Labute approximate surface area is 195 Å². The second kappa shape index (κ2) is 10.1. The summed E-state index contributed by atoms with van der Waals surface area (Å²) in [6.45, 7) is 10.4. The Kier molecular flexibility index (Phi) is 6.83. The van der Waals surface area contributed by atoms with E-state index in [4.69, 9.17) is 0 Å². The van der Waals surface area contributed by atoms with Crippen LogP contribution in [0, 0.1) is 6.92 Å². The molecule has 0 amide bonds. The van der Waals surface area contributed by atoms with Crippen molar-refractivity contribution in [2.45, 2.75) is 27.7 Å². The van der Waals surface area contributed by atoms with Crippen LogP contribution in [0.5, 0.6) is 0 Å². The van der Waals surface area contributed by atoms with E-state index in [1.165, 1.54) is 11.3 Å². The van der Waals surface area contributed by atoms with E-state index >= 15 is 0 Å². The molecule has 0 bridgehead atoms. The number of nitrogens with zero attached hydrogens (tertiary/aromatic N) is 6. The molecule has 0 aliphatic carbocycles. The average Bonchev–Trinajstić information content (AvgIpc) is 3.51. The lowest BCUT2D eigenvalue weighted by atomic mass is 10.2. The molecule has 0 spiro atoms. The first-order valence-electron chi connectivity index (χ1n) is 11.3. The molecule has 0 aliphatic rings. The monoisotopic (exact) mass is 438 g/mol. The highest BCUT2D eigenvalue weighted by molar-refractivity contribution is 5.64. The highest BCUT2D eigenvalue weighted by Gasteiger charge is 2.06. The third kappa shape index (κ3) is 5.29. The lowest BCUT2D eigenvalue weighted by Crippen LogP contribution is -2.21. The second-order valence-electron chi connectivity index (χ2n) is 7.99. The first-order valence-corrected chi connectivity index (χ1v) is 11.3. The highest BCUT2D eigenvalue weighted by atomic mass is 15.4. The third-order valence-corrected chi connectivity index (χ3v) is 5.69. The number of hydrogen-bond acceptors (Lipinski definition) is 4. The molecule has 0 radical (unpaired) electrons. The van der Waals surface area contributed by atoms with Crippen LogP contribution in [0.3, 0.4) is 0 Å². The molecule has 6 nitrogen and oxygen atoms in total. The number of aromatic nitrogens is 5. The fraction of sp³-hybridized carbons (Fsp3) is 0.222. The number of benzene rings is 2. The summed E-state index contributed by atoms with van der Waals surface area (Å²) in [7, 11) is 0. The lowest BCUT2D eigenvalue weighted by Gasteiger charge is -2.21. The minimum atomic E-state index is 0.845. The van der Waals surface area contributed by atoms with Gasteiger partial charge in [0.1, 0.15) is 5.69 Å². The van der Waals surface area contributed by atoms with Crippen molar-refractivity contribution in [1.82, 2.24) is 24.5 Å². The van der Waals surface area contributed by atoms with Gasteiger partial charge in [-0.25, -0.2) is 9.67 Å². The van der Waals surface area contributed by atoms with Crippen molar-refractivity contribution in [2.24, 2.45) is 0 Å². The minimum Gasteiger partial charge on any atom is -0.372 e. The molecule has 2 aromatic heterocycles. The molecule has 0 saturated heterocycles. The Balaban J connectivity index is 1.43. The fourth-order valence-corrected chi connectivity index (χ4v) is 3.63. The Hall–Kier alpha value is -3.93. The van der Waals surface area contributed by atoms with Crippen LogP contribution in [0.4, 0.5) is 5.69 Å². The van der Waals surface area contributed by atoms with Crippen LogP contribution < -0.4 is 4.90 Å². The van der Waals surface area contributed by atoms with Crippen molar-refractivity contribution in [3.8, 4) is 11.4 Å². The SMILES string of the molecule is CCN(CC)c1ccc(-n2cc(/C(C)=C/C=C\c3cn(-c4ccc(C)cc4)cn3)nn2)cc1. The number of allylic oxidation sites excluding steroid dienone is 3. The quantitative estimate of drug-likeness (QED) is 0.330. The molecule has 4 rings (SSSR count). The van der Waals surface area contributed by atoms with Gasteiger partial charge in [0.2, 0.25) is 0 Å². The summed E-state index contributed by atoms with van der Waals surface area (Å²) in [6, 6.07) is 16.8. The first kappa shape index (κ1) is 22.3. The molecule has 0 aliphatic heterocycles. The Morgan fingerprint density at radius 3 is 2.33 bits per heavy atom. The number of rotatable bonds is 8. The molecule has 2 aromatic carbocycles. The van der Waals surface area contributed by atoms with Crippen molar-refractivity contribution in [2.75, 3.05) is 18.0 Å². The zero-order valence-electron chi connectivity index (χ0n) is 19.7. The number of imidazole rings is 1. The standard InChI is InChI=1S/C27H30N6/c1-5-31(6-2)24-14-16-26(17-15-24)33-19-27(29-30-33)22(4)8-7-9-23-18-32(20-28-23)25-12-10-21(3)11-13-25/h7-20H,5-6H2,1-4H3/b9-7-,22-8+. The first-order chi connectivity index (χ1) is 16.1. The summed E-state index contributed by atoms with van der Waals surface area (Å²) in [5, 5.41) is 8.64. The van der Waals surface area contributed by atoms with E-state index in [2.05, 4.69) is 89.5 Å². The molecule has 0 atom stereocenters. The second-order valence-corrected chi connectivity index (χ2v) is 7.99. The maximum Gasteiger partial charge on any atom is 0.109 e. The van der Waals surface area contributed by atoms with Gasteiger partial charge < -0.3 is 9.47 Å². The predicted octanol–water partition coefficient (Wildman–Crippen LogP) is 5.72. The van der Waals surface area contributed by atoms with Gasteiger partial charge in [0, 0.05) is 30.7 Å². The number of hydrogen-bond donors (Lipinski definition) is 0. The van der Waals surface area contributed by atoms with E-state index in [0.717, 1.165) is 41.4 Å². The minimum absolute atomic E-state index is 0.845. The predicted molar refractivity (Wildman–Crippen MR) is 136 cm³/mol. The van der Waals surface area contributed by atoms with Gasteiger partial charge in [-0.15, -0.1) is 5.10 Å². The molecular formula is C27H30N6. The van der Waals surface area contributed by atoms with Crippen molar-refractivity contribution < 1.29 is 0 Å². The summed E-state index contributed by atoms with van der Waals surface area (Å²) in [5.41, 5.74) is 7.34. The summed E-state index contributed by atoms with van der Waals surface area (Å²) in [6.07, 6.45) is 11.8. The van der Waals surface area contributed by atoms with Crippen molar-refractivity contribution in [3.05, 3.63) is 96.4 Å². The van der Waals surface area contributed by atoms with Crippen LogP contribution in [0.25, 0.3) is 23.0 Å². The van der Waals surface area contributed by atoms with Crippen molar-refractivity contribution in [1.29, 1.82) is 0 Å². The van der Waals surface area contributed by atoms with Crippen molar-refractivity contribution >= 4 is 17.3 Å². The molecule has 0 unspecified atom stereocenters. The normalized spacial score (nSPS) is 11.9. The molecule has 0 N–H and O–H groups in total. The molecule has 0 saturated carbocycles. The molecule has 2 heterocycles. The molecule has 6 heteroatoms. The van der Waals surface area contributed by atoms with E-state index < -0.39 is 0 Å². The van der Waals surface area contributed by atoms with Crippen LogP contribution in [-0.4, -0.2) is 37.6 Å². The van der Waals surface area contributed by atoms with Gasteiger partial charge in [0.25, 0.3) is 0 Å². The zero-order chi connectivity index (χ0) is 23.2. The summed E-state index contributed by atoms with van der Waals surface area (Å²) in [5.74, 6) is 0. The number of aryl methyl sites for hydroxylation is 1. The summed E-state index contributed by atoms with van der Waals surface area (Å²) < 4.78 is 3.83. The van der Waals surface area contributed by atoms with Gasteiger partial charge in [0.05, 0.1) is 23.9 Å². The largest absolute Gasteiger partial charge is 0.372 e. The molecule has 0 fully saturated rings. The Morgan fingerprint density at radius 1 is 0.939 bits per heavy atom. The lowest BCUT2D eigenvalue weighted by molar-refractivity contribution is 0.801. The Morgan fingerprint density at radius 2 is 1.64 bits per heavy atom. The van der Waals surface area contributed by atoms with Gasteiger partial charge in [-0.05, 0) is 75.7 Å². The van der Waals surface area contributed by atoms with Crippen LogP contribution in [0.15, 0.2) is 79.4 Å². The van der Waals surface area contributed by atoms with Crippen molar-refractivity contribution in [3.63, 3.8) is 0 Å². The van der Waals surface area contributed by atoms with Gasteiger partial charge in [0.15, 0.2) is 0 Å². The third-order valence-electron chi connectivity index (χ3n) is 5.69. The highest BCUT2D eigenvalue weighted by Crippen LogP contribution is 2.18. The van der Waals surface area contributed by atoms with E-state index in [1.807, 2.05) is 53.1 Å². The van der Waals surface area contributed by atoms with Gasteiger partial charge in [-0.2, -0.15) is 0 Å². The smallest absolute Gasteiger partial charge is 0.109 e. The van der Waals surface area contributed by atoms with E-state index in [-0.39, 0.29) is 0 Å². The van der Waals surface area contributed by atoms with E-state index in [0.29, 0.717) is 0 Å². The van der Waals surface area contributed by atoms with E-state index in [9.17, 15) is 0 Å². The molecule has 168 valence electrons. The molecule has 4 aromatic rings. The van der Waals surface area contributed by atoms with Crippen LogP contribution in [-0.2, 0) is 0 Å². The van der Waals surface area contributed by atoms with Gasteiger partial charge in [-0.3, -0.25) is 0 Å². The fourth-order valence-electron chi connectivity index (χ4n) is 3.63. The molecule has 33 heavy (non-hydrogen) atoms. The van der Waals surface area contributed by atoms with Gasteiger partial charge >= 0.3 is 0 Å². The van der Waals surface area contributed by atoms with Crippen LogP contribution >= 0.6 is 0 Å².